The molecule has 0 atom stereocenters. The summed E-state index contributed by atoms with van der Waals surface area (Å²) in [6.45, 7) is 0. The number of ether oxygens (including phenoxy) is 1. The number of halogens is 2. The topological polar surface area (TPSA) is 26.3 Å². The van der Waals surface area contributed by atoms with Crippen molar-refractivity contribution in [3.8, 4) is 5.75 Å². The first-order valence-electron chi connectivity index (χ1n) is 6.17. The lowest BCUT2D eigenvalue weighted by atomic mass is 10.0. The minimum atomic E-state index is -0.454. The lowest BCUT2D eigenvalue weighted by molar-refractivity contribution is -0.117. The van der Waals surface area contributed by atoms with Gasteiger partial charge < -0.3 is 4.74 Å². The van der Waals surface area contributed by atoms with E-state index in [0.29, 0.717) is 17.0 Å². The highest BCUT2D eigenvalue weighted by Crippen LogP contribution is 2.18. The largest absolute Gasteiger partial charge is 0.494 e. The summed E-state index contributed by atoms with van der Waals surface area (Å²) in [5, 5.41) is 0.637. The number of Topliss-reactive ketones (excluding diaryl/α,β-unsaturated/α-hetero) is 1. The summed E-state index contributed by atoms with van der Waals surface area (Å²) in [4.78, 5) is 11.9. The van der Waals surface area contributed by atoms with E-state index in [0.717, 1.165) is 5.56 Å². The molecule has 0 heterocycles. The fourth-order valence-electron chi connectivity index (χ4n) is 1.94. The van der Waals surface area contributed by atoms with Gasteiger partial charge in [0.1, 0.15) is 5.78 Å². The van der Waals surface area contributed by atoms with Crippen LogP contribution in [-0.2, 0) is 17.6 Å². The van der Waals surface area contributed by atoms with Gasteiger partial charge in [-0.3, -0.25) is 4.79 Å². The first-order valence-corrected chi connectivity index (χ1v) is 6.55. The Morgan fingerprint density at radius 1 is 1.10 bits per heavy atom. The molecule has 0 saturated carbocycles. The van der Waals surface area contributed by atoms with Crippen LogP contribution in [0.5, 0.6) is 5.75 Å². The van der Waals surface area contributed by atoms with Gasteiger partial charge >= 0.3 is 0 Å². The SMILES string of the molecule is COc1ccc(CC(=O)Cc2ccc(Cl)cc2)cc1F. The molecule has 0 amide bonds. The fraction of sp³-hybridized carbons (Fsp3) is 0.188. The normalized spacial score (nSPS) is 10.3. The molecule has 0 aliphatic heterocycles. The zero-order valence-corrected chi connectivity index (χ0v) is 11.8. The van der Waals surface area contributed by atoms with Gasteiger partial charge in [0.05, 0.1) is 7.11 Å². The molecule has 4 heteroatoms. The Labute approximate surface area is 122 Å². The van der Waals surface area contributed by atoms with Gasteiger partial charge in [-0.15, -0.1) is 0 Å². The summed E-state index contributed by atoms with van der Waals surface area (Å²) in [5.41, 5.74) is 1.54. The molecular formula is C16H14ClFO2. The van der Waals surface area contributed by atoms with Crippen LogP contribution in [0.25, 0.3) is 0 Å². The van der Waals surface area contributed by atoms with Gasteiger partial charge in [-0.05, 0) is 35.4 Å². The van der Waals surface area contributed by atoms with Crippen LogP contribution < -0.4 is 4.74 Å². The van der Waals surface area contributed by atoms with Crippen molar-refractivity contribution < 1.29 is 13.9 Å². The summed E-state index contributed by atoms with van der Waals surface area (Å²) >= 11 is 5.79. The molecule has 0 N–H and O–H groups in total. The molecule has 2 nitrogen and oxygen atoms in total. The quantitative estimate of drug-likeness (QED) is 0.837. The molecule has 20 heavy (non-hydrogen) atoms. The number of methoxy groups -OCH3 is 1. The zero-order valence-electron chi connectivity index (χ0n) is 11.0. The molecule has 0 saturated heterocycles. The van der Waals surface area contributed by atoms with E-state index in [2.05, 4.69) is 0 Å². The summed E-state index contributed by atoms with van der Waals surface area (Å²) in [6, 6.07) is 11.7. The van der Waals surface area contributed by atoms with Crippen molar-refractivity contribution in [1.82, 2.24) is 0 Å². The number of ketones is 1. The molecule has 0 spiro atoms. The molecule has 0 bridgehead atoms. The molecule has 2 rings (SSSR count). The smallest absolute Gasteiger partial charge is 0.165 e. The van der Waals surface area contributed by atoms with Crippen molar-refractivity contribution in [3.63, 3.8) is 0 Å². The monoisotopic (exact) mass is 292 g/mol. The lowest BCUT2D eigenvalue weighted by Crippen LogP contribution is -2.07. The third kappa shape index (κ3) is 3.81. The Balaban J connectivity index is 2.01. The van der Waals surface area contributed by atoms with Crippen molar-refractivity contribution >= 4 is 17.4 Å². The van der Waals surface area contributed by atoms with E-state index >= 15 is 0 Å². The highest BCUT2D eigenvalue weighted by atomic mass is 35.5. The van der Waals surface area contributed by atoms with Crippen LogP contribution in [0.2, 0.25) is 5.02 Å². The minimum absolute atomic E-state index is 0.0249. The second kappa shape index (κ2) is 6.53. The Morgan fingerprint density at radius 2 is 1.70 bits per heavy atom. The third-order valence-corrected chi connectivity index (χ3v) is 3.18. The number of benzene rings is 2. The minimum Gasteiger partial charge on any atom is -0.494 e. The number of carbonyl (C=O) groups excluding carboxylic acids is 1. The van der Waals surface area contributed by atoms with E-state index in [1.807, 2.05) is 12.1 Å². The molecule has 104 valence electrons. The van der Waals surface area contributed by atoms with Gasteiger partial charge in [0.15, 0.2) is 11.6 Å². The number of hydrogen-bond acceptors (Lipinski definition) is 2. The van der Waals surface area contributed by atoms with Crippen molar-refractivity contribution in [1.29, 1.82) is 0 Å². The summed E-state index contributed by atoms with van der Waals surface area (Å²) in [6.07, 6.45) is 0.508. The van der Waals surface area contributed by atoms with Gasteiger partial charge in [0.25, 0.3) is 0 Å². The van der Waals surface area contributed by atoms with Gasteiger partial charge in [-0.2, -0.15) is 0 Å². The van der Waals surface area contributed by atoms with Gasteiger partial charge in [0.2, 0.25) is 0 Å². The maximum absolute atomic E-state index is 13.5. The van der Waals surface area contributed by atoms with Crippen molar-refractivity contribution in [3.05, 3.63) is 64.4 Å². The number of carbonyl (C=O) groups is 1. The van der Waals surface area contributed by atoms with Gasteiger partial charge in [-0.25, -0.2) is 4.39 Å². The van der Waals surface area contributed by atoms with E-state index in [-0.39, 0.29) is 18.0 Å². The summed E-state index contributed by atoms with van der Waals surface area (Å²) in [7, 11) is 1.41. The molecule has 0 radical (unpaired) electrons. The first kappa shape index (κ1) is 14.5. The Kier molecular flexibility index (Phi) is 4.74. The Morgan fingerprint density at radius 3 is 2.30 bits per heavy atom. The highest BCUT2D eigenvalue weighted by Gasteiger charge is 2.08. The second-order valence-corrected chi connectivity index (χ2v) is 4.92. The standard InChI is InChI=1S/C16H14ClFO2/c1-20-16-7-4-12(10-15(16)18)9-14(19)8-11-2-5-13(17)6-3-11/h2-7,10H,8-9H2,1H3. The molecule has 0 aliphatic rings. The summed E-state index contributed by atoms with van der Waals surface area (Å²) < 4.78 is 18.4. The zero-order chi connectivity index (χ0) is 14.5. The predicted molar refractivity (Wildman–Crippen MR) is 76.8 cm³/mol. The van der Waals surface area contributed by atoms with Crippen LogP contribution in [0, 0.1) is 5.82 Å². The Bertz CT molecular complexity index is 608. The number of rotatable bonds is 5. The second-order valence-electron chi connectivity index (χ2n) is 4.49. The Hall–Kier alpha value is -1.87. The van der Waals surface area contributed by atoms with Crippen LogP contribution in [0.4, 0.5) is 4.39 Å². The van der Waals surface area contributed by atoms with Crippen LogP contribution in [0.15, 0.2) is 42.5 Å². The van der Waals surface area contributed by atoms with Gasteiger partial charge in [0, 0.05) is 17.9 Å². The molecule has 0 aliphatic carbocycles. The van der Waals surface area contributed by atoms with Crippen LogP contribution in [0.3, 0.4) is 0 Å². The molecular weight excluding hydrogens is 279 g/mol. The number of hydrogen-bond donors (Lipinski definition) is 0. The molecule has 0 unspecified atom stereocenters. The first-order chi connectivity index (χ1) is 9.58. The van der Waals surface area contributed by atoms with Crippen molar-refractivity contribution in [2.24, 2.45) is 0 Å². The van der Waals surface area contributed by atoms with E-state index in [4.69, 9.17) is 16.3 Å². The average molecular weight is 293 g/mol. The van der Waals surface area contributed by atoms with Crippen molar-refractivity contribution in [2.45, 2.75) is 12.8 Å². The van der Waals surface area contributed by atoms with Crippen LogP contribution in [0.1, 0.15) is 11.1 Å². The molecule has 2 aromatic carbocycles. The maximum atomic E-state index is 13.5. The van der Waals surface area contributed by atoms with E-state index < -0.39 is 5.82 Å². The fourth-order valence-corrected chi connectivity index (χ4v) is 2.07. The third-order valence-electron chi connectivity index (χ3n) is 2.93. The molecule has 0 fully saturated rings. The highest BCUT2D eigenvalue weighted by molar-refractivity contribution is 6.30. The van der Waals surface area contributed by atoms with Crippen molar-refractivity contribution in [2.75, 3.05) is 7.11 Å². The lowest BCUT2D eigenvalue weighted by Gasteiger charge is -2.05. The van der Waals surface area contributed by atoms with E-state index in [1.54, 1.807) is 18.2 Å². The molecule has 0 aromatic heterocycles. The van der Waals surface area contributed by atoms with Gasteiger partial charge in [-0.1, -0.05) is 29.8 Å². The molecule has 2 aromatic rings. The summed E-state index contributed by atoms with van der Waals surface area (Å²) in [5.74, 6) is -0.250. The van der Waals surface area contributed by atoms with Crippen LogP contribution in [-0.4, -0.2) is 12.9 Å². The maximum Gasteiger partial charge on any atom is 0.165 e. The van der Waals surface area contributed by atoms with E-state index in [1.165, 1.54) is 19.2 Å². The van der Waals surface area contributed by atoms with Crippen LogP contribution >= 0.6 is 11.6 Å². The van der Waals surface area contributed by atoms with E-state index in [9.17, 15) is 9.18 Å². The average Bonchev–Trinajstić information content (AvgIpc) is 2.41. The predicted octanol–water partition coefficient (Wildman–Crippen LogP) is 3.84.